The summed E-state index contributed by atoms with van der Waals surface area (Å²) < 4.78 is 6.69. The number of aliphatic hydroxyl groups excluding tert-OH is 1. The number of ether oxygens (including phenoxy) is 1. The number of rotatable bonds is 5. The SMILES string of the molecule is O=C(Cn1ccc(=O)[nH]c1=O)NC(c1ccc2c(c1)CCO2)C1CC(O)C1. The van der Waals surface area contributed by atoms with Crippen LogP contribution in [0.3, 0.4) is 0 Å². The fraction of sp³-hybridized carbons (Fsp3) is 0.421. The van der Waals surface area contributed by atoms with E-state index in [1.54, 1.807) is 0 Å². The molecule has 27 heavy (non-hydrogen) atoms. The van der Waals surface area contributed by atoms with Crippen LogP contribution < -0.4 is 21.3 Å². The first-order valence-electron chi connectivity index (χ1n) is 9.02. The Morgan fingerprint density at radius 1 is 1.33 bits per heavy atom. The van der Waals surface area contributed by atoms with Gasteiger partial charge in [-0.2, -0.15) is 0 Å². The highest BCUT2D eigenvalue weighted by Gasteiger charge is 2.36. The molecule has 2 heterocycles. The summed E-state index contributed by atoms with van der Waals surface area (Å²) in [7, 11) is 0. The molecular formula is C19H21N3O5. The predicted molar refractivity (Wildman–Crippen MR) is 96.6 cm³/mol. The van der Waals surface area contributed by atoms with E-state index in [-0.39, 0.29) is 30.5 Å². The van der Waals surface area contributed by atoms with Crippen molar-refractivity contribution in [2.24, 2.45) is 5.92 Å². The van der Waals surface area contributed by atoms with E-state index < -0.39 is 11.2 Å². The Kier molecular flexibility index (Phi) is 4.57. The van der Waals surface area contributed by atoms with Crippen LogP contribution in [0.2, 0.25) is 0 Å². The second-order valence-electron chi connectivity index (χ2n) is 7.13. The van der Waals surface area contributed by atoms with E-state index in [1.807, 2.05) is 18.2 Å². The molecule has 3 N–H and O–H groups in total. The Hall–Kier alpha value is -2.87. The Morgan fingerprint density at radius 2 is 2.15 bits per heavy atom. The van der Waals surface area contributed by atoms with Gasteiger partial charge in [-0.3, -0.25) is 19.1 Å². The smallest absolute Gasteiger partial charge is 0.328 e. The fourth-order valence-corrected chi connectivity index (χ4v) is 3.72. The van der Waals surface area contributed by atoms with Crippen molar-refractivity contribution in [1.29, 1.82) is 0 Å². The number of H-pyrrole nitrogens is 1. The minimum atomic E-state index is -0.622. The minimum Gasteiger partial charge on any atom is -0.493 e. The van der Waals surface area contributed by atoms with E-state index >= 15 is 0 Å². The zero-order valence-electron chi connectivity index (χ0n) is 14.7. The van der Waals surface area contributed by atoms with Crippen molar-refractivity contribution in [2.45, 2.75) is 38.0 Å². The topological polar surface area (TPSA) is 113 Å². The van der Waals surface area contributed by atoms with Crippen LogP contribution in [0.15, 0.2) is 40.1 Å². The summed E-state index contributed by atoms with van der Waals surface area (Å²) in [4.78, 5) is 37.6. The number of nitrogens with zero attached hydrogens (tertiary/aromatic N) is 1. The first-order chi connectivity index (χ1) is 13.0. The lowest BCUT2D eigenvalue weighted by atomic mass is 9.75. The summed E-state index contributed by atoms with van der Waals surface area (Å²) >= 11 is 0. The summed E-state index contributed by atoms with van der Waals surface area (Å²) in [5.74, 6) is 0.682. The lowest BCUT2D eigenvalue weighted by Gasteiger charge is -2.38. The molecule has 0 bridgehead atoms. The molecule has 8 nitrogen and oxygen atoms in total. The standard InChI is InChI=1S/C19H21N3O5/c23-14-8-13(9-14)18(12-1-2-15-11(7-12)4-6-27-15)20-17(25)10-22-5-3-16(24)21-19(22)26/h1-3,5,7,13-14,18,23H,4,6,8-10H2,(H,20,25)(H,21,24,26). The number of aromatic amines is 1. The first-order valence-corrected chi connectivity index (χ1v) is 9.02. The molecule has 1 aliphatic heterocycles. The molecule has 1 aliphatic carbocycles. The van der Waals surface area contributed by atoms with E-state index in [0.29, 0.717) is 19.4 Å². The van der Waals surface area contributed by atoms with Crippen LogP contribution in [0, 0.1) is 5.92 Å². The first kappa shape index (κ1) is 17.5. The van der Waals surface area contributed by atoms with Gasteiger partial charge >= 0.3 is 5.69 Å². The van der Waals surface area contributed by atoms with Crippen molar-refractivity contribution in [2.75, 3.05) is 6.61 Å². The molecule has 1 saturated carbocycles. The van der Waals surface area contributed by atoms with Crippen molar-refractivity contribution in [3.63, 3.8) is 0 Å². The number of amides is 1. The Morgan fingerprint density at radius 3 is 2.89 bits per heavy atom. The summed E-state index contributed by atoms with van der Waals surface area (Å²) in [6, 6.07) is 6.86. The molecule has 1 amide bonds. The Balaban J connectivity index is 1.53. The summed E-state index contributed by atoms with van der Waals surface area (Å²) in [5, 5.41) is 12.7. The zero-order chi connectivity index (χ0) is 19.0. The molecule has 0 radical (unpaired) electrons. The van der Waals surface area contributed by atoms with Gasteiger partial charge in [-0.15, -0.1) is 0 Å². The van der Waals surface area contributed by atoms with Crippen LogP contribution in [0.5, 0.6) is 5.75 Å². The van der Waals surface area contributed by atoms with Gasteiger partial charge in [0.15, 0.2) is 0 Å². The molecule has 1 fully saturated rings. The highest BCUT2D eigenvalue weighted by molar-refractivity contribution is 5.76. The number of carbonyl (C=O) groups excluding carboxylic acids is 1. The monoisotopic (exact) mass is 371 g/mol. The Labute approximate surface area is 154 Å². The number of aromatic nitrogens is 2. The molecule has 142 valence electrons. The highest BCUT2D eigenvalue weighted by Crippen LogP contribution is 2.39. The zero-order valence-corrected chi connectivity index (χ0v) is 14.7. The molecule has 1 aromatic carbocycles. The average Bonchev–Trinajstić information content (AvgIpc) is 3.07. The molecular weight excluding hydrogens is 350 g/mol. The normalized spacial score (nSPS) is 21.7. The van der Waals surface area contributed by atoms with Crippen molar-refractivity contribution >= 4 is 5.91 Å². The van der Waals surface area contributed by atoms with Crippen molar-refractivity contribution < 1.29 is 14.6 Å². The number of nitrogens with one attached hydrogen (secondary N) is 2. The van der Waals surface area contributed by atoms with Crippen molar-refractivity contribution in [3.8, 4) is 5.75 Å². The van der Waals surface area contributed by atoms with Gasteiger partial charge < -0.3 is 15.2 Å². The quantitative estimate of drug-likeness (QED) is 0.690. The van der Waals surface area contributed by atoms with E-state index in [4.69, 9.17) is 4.74 Å². The van der Waals surface area contributed by atoms with Crippen LogP contribution in [-0.2, 0) is 17.8 Å². The van der Waals surface area contributed by atoms with Gasteiger partial charge in [-0.05, 0) is 42.0 Å². The molecule has 1 unspecified atom stereocenters. The molecule has 4 rings (SSSR count). The maximum atomic E-state index is 12.5. The number of fused-ring (bicyclic) bond motifs is 1. The summed E-state index contributed by atoms with van der Waals surface area (Å²) in [6.45, 7) is 0.475. The van der Waals surface area contributed by atoms with Gasteiger partial charge in [0.1, 0.15) is 12.3 Å². The van der Waals surface area contributed by atoms with Gasteiger partial charge in [-0.25, -0.2) is 4.79 Å². The molecule has 0 spiro atoms. The third kappa shape index (κ3) is 3.66. The molecule has 2 aromatic rings. The number of aliphatic hydroxyl groups is 1. The maximum absolute atomic E-state index is 12.5. The lowest BCUT2D eigenvalue weighted by molar-refractivity contribution is -0.123. The summed E-state index contributed by atoms with van der Waals surface area (Å²) in [5.41, 5.74) is 0.961. The van der Waals surface area contributed by atoms with Crippen LogP contribution in [0.25, 0.3) is 0 Å². The lowest BCUT2D eigenvalue weighted by Crippen LogP contribution is -2.43. The van der Waals surface area contributed by atoms with E-state index in [9.17, 15) is 19.5 Å². The second kappa shape index (κ2) is 7.03. The van der Waals surface area contributed by atoms with Gasteiger partial charge in [0.2, 0.25) is 5.91 Å². The molecule has 8 heteroatoms. The van der Waals surface area contributed by atoms with E-state index in [0.717, 1.165) is 27.9 Å². The Bertz CT molecular complexity index is 974. The average molecular weight is 371 g/mol. The molecule has 0 saturated heterocycles. The molecule has 1 atom stereocenters. The van der Waals surface area contributed by atoms with Crippen LogP contribution >= 0.6 is 0 Å². The summed E-state index contributed by atoms with van der Waals surface area (Å²) in [6.07, 6.45) is 3.04. The van der Waals surface area contributed by atoms with Crippen LogP contribution in [-0.4, -0.2) is 33.3 Å². The number of benzene rings is 1. The number of carbonyl (C=O) groups is 1. The van der Waals surface area contributed by atoms with Gasteiger partial charge in [0, 0.05) is 18.7 Å². The maximum Gasteiger partial charge on any atom is 0.328 e. The minimum absolute atomic E-state index is 0.136. The molecule has 2 aliphatic rings. The van der Waals surface area contributed by atoms with Gasteiger partial charge in [0.05, 0.1) is 18.8 Å². The van der Waals surface area contributed by atoms with Gasteiger partial charge in [0.25, 0.3) is 5.56 Å². The molecule has 1 aromatic heterocycles. The predicted octanol–water partition coefficient (Wildman–Crippen LogP) is 0.0999. The number of hydrogen-bond acceptors (Lipinski definition) is 5. The van der Waals surface area contributed by atoms with Crippen LogP contribution in [0.1, 0.15) is 30.0 Å². The van der Waals surface area contributed by atoms with Crippen molar-refractivity contribution in [3.05, 3.63) is 62.4 Å². The second-order valence-corrected chi connectivity index (χ2v) is 7.13. The van der Waals surface area contributed by atoms with Crippen LogP contribution in [0.4, 0.5) is 0 Å². The fourth-order valence-electron chi connectivity index (χ4n) is 3.72. The number of hydrogen-bond donors (Lipinski definition) is 3. The largest absolute Gasteiger partial charge is 0.493 e. The van der Waals surface area contributed by atoms with E-state index in [1.165, 1.54) is 12.3 Å². The van der Waals surface area contributed by atoms with Crippen molar-refractivity contribution in [1.82, 2.24) is 14.9 Å². The third-order valence-electron chi connectivity index (χ3n) is 5.22. The van der Waals surface area contributed by atoms with E-state index in [2.05, 4.69) is 10.3 Å². The highest BCUT2D eigenvalue weighted by atomic mass is 16.5. The van der Waals surface area contributed by atoms with Gasteiger partial charge in [-0.1, -0.05) is 6.07 Å². The third-order valence-corrected chi connectivity index (χ3v) is 5.22.